The fourth-order valence-electron chi connectivity index (χ4n) is 4.12. The molecule has 1 aliphatic heterocycles. The van der Waals surface area contributed by atoms with E-state index in [0.29, 0.717) is 25.9 Å². The number of nitrogens with zero attached hydrogens (tertiary/aromatic N) is 2. The molecule has 2 fully saturated rings. The van der Waals surface area contributed by atoms with Gasteiger partial charge in [0.25, 0.3) is 10.2 Å². The molecule has 1 unspecified atom stereocenters. The number of halogens is 1. The Labute approximate surface area is 167 Å². The van der Waals surface area contributed by atoms with E-state index in [4.69, 9.17) is 0 Å². The second kappa shape index (κ2) is 9.33. The zero-order valence-corrected chi connectivity index (χ0v) is 17.3. The van der Waals surface area contributed by atoms with Crippen LogP contribution in [-0.4, -0.2) is 49.1 Å². The van der Waals surface area contributed by atoms with Crippen LogP contribution < -0.4 is 5.32 Å². The highest BCUT2D eigenvalue weighted by atomic mass is 32.2. The van der Waals surface area contributed by atoms with Crippen LogP contribution in [0.4, 0.5) is 4.39 Å². The molecule has 0 bridgehead atoms. The van der Waals surface area contributed by atoms with Crippen LogP contribution in [0.1, 0.15) is 50.5 Å². The Morgan fingerprint density at radius 3 is 2.50 bits per heavy atom. The monoisotopic (exact) mass is 411 g/mol. The van der Waals surface area contributed by atoms with E-state index in [0.717, 1.165) is 31.2 Å². The number of nitrogens with one attached hydrogen (secondary N) is 1. The van der Waals surface area contributed by atoms with Crippen LogP contribution in [0.5, 0.6) is 0 Å². The summed E-state index contributed by atoms with van der Waals surface area (Å²) in [6, 6.07) is 6.04. The number of hydrogen-bond donors (Lipinski definition) is 1. The van der Waals surface area contributed by atoms with Crippen LogP contribution in [0.15, 0.2) is 24.3 Å². The van der Waals surface area contributed by atoms with Gasteiger partial charge in [-0.25, -0.2) is 4.39 Å². The van der Waals surface area contributed by atoms with Crippen molar-refractivity contribution in [2.45, 2.75) is 57.5 Å². The summed E-state index contributed by atoms with van der Waals surface area (Å²) in [7, 11) is -1.88. The van der Waals surface area contributed by atoms with E-state index in [2.05, 4.69) is 5.32 Å². The van der Waals surface area contributed by atoms with E-state index in [9.17, 15) is 17.6 Å². The van der Waals surface area contributed by atoms with Gasteiger partial charge >= 0.3 is 0 Å². The summed E-state index contributed by atoms with van der Waals surface area (Å²) in [5.74, 6) is -0.821. The first kappa shape index (κ1) is 21.2. The van der Waals surface area contributed by atoms with Crippen molar-refractivity contribution in [1.29, 1.82) is 0 Å². The molecule has 1 heterocycles. The van der Waals surface area contributed by atoms with Gasteiger partial charge in [0, 0.05) is 32.7 Å². The molecule has 1 saturated carbocycles. The van der Waals surface area contributed by atoms with Crippen molar-refractivity contribution in [3.05, 3.63) is 35.6 Å². The third kappa shape index (κ3) is 5.10. The Kier molecular flexibility index (Phi) is 7.06. The average molecular weight is 412 g/mol. The molecule has 1 N–H and O–H groups in total. The maximum atomic E-state index is 13.0. The molecular weight excluding hydrogens is 381 g/mol. The molecule has 8 heteroatoms. The van der Waals surface area contributed by atoms with Gasteiger partial charge in [0.05, 0.1) is 5.92 Å². The third-order valence-corrected chi connectivity index (χ3v) is 7.92. The molecule has 1 saturated heterocycles. The Balaban J connectivity index is 1.57. The molecule has 28 heavy (non-hydrogen) atoms. The summed E-state index contributed by atoms with van der Waals surface area (Å²) < 4.78 is 42.1. The third-order valence-electron chi connectivity index (χ3n) is 5.91. The highest BCUT2D eigenvalue weighted by molar-refractivity contribution is 7.86. The summed E-state index contributed by atoms with van der Waals surface area (Å²) in [6.45, 7) is 0.986. The first-order chi connectivity index (χ1) is 13.4. The summed E-state index contributed by atoms with van der Waals surface area (Å²) in [6.07, 6.45) is 6.47. The predicted octanol–water partition coefficient (Wildman–Crippen LogP) is 2.66. The summed E-state index contributed by atoms with van der Waals surface area (Å²) in [4.78, 5) is 12.6. The zero-order valence-electron chi connectivity index (χ0n) is 16.4. The Morgan fingerprint density at radius 1 is 1.14 bits per heavy atom. The van der Waals surface area contributed by atoms with Crippen LogP contribution >= 0.6 is 0 Å². The first-order valence-electron chi connectivity index (χ1n) is 10.1. The van der Waals surface area contributed by atoms with E-state index in [1.165, 1.54) is 27.2 Å². The van der Waals surface area contributed by atoms with Crippen molar-refractivity contribution < 1.29 is 17.6 Å². The van der Waals surface area contributed by atoms with Crippen molar-refractivity contribution in [3.63, 3.8) is 0 Å². The van der Waals surface area contributed by atoms with Crippen molar-refractivity contribution >= 4 is 16.1 Å². The zero-order chi connectivity index (χ0) is 20.1. The molecule has 0 aromatic heterocycles. The maximum absolute atomic E-state index is 13.0. The molecule has 1 aromatic rings. The quantitative estimate of drug-likeness (QED) is 0.782. The number of carbonyl (C=O) groups excluding carboxylic acids is 1. The Hall–Kier alpha value is -1.51. The van der Waals surface area contributed by atoms with Gasteiger partial charge in [0.2, 0.25) is 5.91 Å². The summed E-state index contributed by atoms with van der Waals surface area (Å²) in [5.41, 5.74) is 0.812. The standard InChI is InChI=1S/C20H30FN3O3S/c1-23(19-7-3-2-4-8-19)28(26,27)24-13-5-6-17(15-24)20(25)22-14-16-9-11-18(21)12-10-16/h9-12,17,19H,2-8,13-15H2,1H3,(H,22,25). The van der Waals surface area contributed by atoms with Crippen molar-refractivity contribution in [1.82, 2.24) is 13.9 Å². The molecule has 1 amide bonds. The van der Waals surface area contributed by atoms with E-state index in [1.54, 1.807) is 19.2 Å². The van der Waals surface area contributed by atoms with Gasteiger partial charge < -0.3 is 5.32 Å². The Bertz CT molecular complexity index is 763. The molecule has 156 valence electrons. The number of benzene rings is 1. The molecule has 3 rings (SSSR count). The second-order valence-electron chi connectivity index (χ2n) is 7.86. The van der Waals surface area contributed by atoms with Crippen LogP contribution in [0.3, 0.4) is 0 Å². The molecular formula is C20H30FN3O3S. The average Bonchev–Trinajstić information content (AvgIpc) is 2.73. The molecule has 2 aliphatic rings. The molecule has 0 radical (unpaired) electrons. The normalized spacial score (nSPS) is 22.3. The number of piperidine rings is 1. The summed E-state index contributed by atoms with van der Waals surface area (Å²) >= 11 is 0. The fraction of sp³-hybridized carbons (Fsp3) is 0.650. The first-order valence-corrected chi connectivity index (χ1v) is 11.5. The lowest BCUT2D eigenvalue weighted by atomic mass is 9.96. The lowest BCUT2D eigenvalue weighted by Gasteiger charge is -2.37. The highest BCUT2D eigenvalue weighted by Gasteiger charge is 2.37. The number of hydrogen-bond acceptors (Lipinski definition) is 3. The number of amides is 1. The van der Waals surface area contributed by atoms with E-state index < -0.39 is 10.2 Å². The van der Waals surface area contributed by atoms with Gasteiger partial charge in [-0.05, 0) is 43.4 Å². The van der Waals surface area contributed by atoms with Crippen LogP contribution in [0, 0.1) is 11.7 Å². The molecule has 1 aromatic carbocycles. The van der Waals surface area contributed by atoms with Crippen molar-refractivity contribution in [2.24, 2.45) is 5.92 Å². The van der Waals surface area contributed by atoms with Gasteiger partial charge in [0.15, 0.2) is 0 Å². The van der Waals surface area contributed by atoms with Gasteiger partial charge in [-0.15, -0.1) is 0 Å². The minimum absolute atomic E-state index is 0.0615. The van der Waals surface area contributed by atoms with Crippen LogP contribution in [0.2, 0.25) is 0 Å². The number of rotatable bonds is 6. The number of carbonyl (C=O) groups is 1. The lowest BCUT2D eigenvalue weighted by Crippen LogP contribution is -2.52. The Morgan fingerprint density at radius 2 is 1.82 bits per heavy atom. The highest BCUT2D eigenvalue weighted by Crippen LogP contribution is 2.27. The fourth-order valence-corrected chi connectivity index (χ4v) is 5.80. The van der Waals surface area contributed by atoms with Crippen molar-refractivity contribution in [3.8, 4) is 0 Å². The van der Waals surface area contributed by atoms with E-state index in [1.807, 2.05) is 0 Å². The van der Waals surface area contributed by atoms with Gasteiger partial charge in [0.1, 0.15) is 5.82 Å². The topological polar surface area (TPSA) is 69.7 Å². The second-order valence-corrected chi connectivity index (χ2v) is 9.85. The van der Waals surface area contributed by atoms with E-state index >= 15 is 0 Å². The minimum Gasteiger partial charge on any atom is -0.352 e. The van der Waals surface area contributed by atoms with Gasteiger partial charge in [-0.2, -0.15) is 17.0 Å². The molecule has 6 nitrogen and oxygen atoms in total. The summed E-state index contributed by atoms with van der Waals surface area (Å²) in [5, 5.41) is 2.86. The SMILES string of the molecule is CN(C1CCCCC1)S(=O)(=O)N1CCCC(C(=O)NCc2ccc(F)cc2)C1. The molecule has 1 atom stereocenters. The van der Waals surface area contributed by atoms with Crippen LogP contribution in [-0.2, 0) is 21.5 Å². The predicted molar refractivity (Wildman–Crippen MR) is 106 cm³/mol. The van der Waals surface area contributed by atoms with Crippen LogP contribution in [0.25, 0.3) is 0 Å². The molecule has 1 aliphatic carbocycles. The minimum atomic E-state index is -3.55. The lowest BCUT2D eigenvalue weighted by molar-refractivity contribution is -0.126. The maximum Gasteiger partial charge on any atom is 0.281 e. The smallest absolute Gasteiger partial charge is 0.281 e. The van der Waals surface area contributed by atoms with E-state index in [-0.39, 0.29) is 30.2 Å². The largest absolute Gasteiger partial charge is 0.352 e. The van der Waals surface area contributed by atoms with Crippen molar-refractivity contribution in [2.75, 3.05) is 20.1 Å². The van der Waals surface area contributed by atoms with Gasteiger partial charge in [-0.3, -0.25) is 4.79 Å². The van der Waals surface area contributed by atoms with Gasteiger partial charge in [-0.1, -0.05) is 31.4 Å². The molecule has 0 spiro atoms.